The van der Waals surface area contributed by atoms with Gasteiger partial charge in [-0.3, -0.25) is 0 Å². The van der Waals surface area contributed by atoms with E-state index in [4.69, 9.17) is 0 Å². The van der Waals surface area contributed by atoms with Gasteiger partial charge in [-0.25, -0.2) is 0 Å². The zero-order valence-electron chi connectivity index (χ0n) is 25.3. The van der Waals surface area contributed by atoms with Crippen molar-refractivity contribution in [3.05, 3.63) is 0 Å². The van der Waals surface area contributed by atoms with Crippen molar-refractivity contribution < 1.29 is 10.2 Å². The molecule has 0 bridgehead atoms. The van der Waals surface area contributed by atoms with Gasteiger partial charge in [0, 0.05) is 0 Å². The minimum absolute atomic E-state index is 0.304. The molecular formula is C34H70O2. The fraction of sp³-hybridized carbons (Fsp3) is 1.00. The maximum absolute atomic E-state index is 10.1. The van der Waals surface area contributed by atoms with Crippen LogP contribution in [-0.4, -0.2) is 22.4 Å². The predicted octanol–water partition coefficient (Wildman–Crippen LogP) is 11.5. The fourth-order valence-corrected chi connectivity index (χ4v) is 5.52. The largest absolute Gasteiger partial charge is 0.393 e. The Hall–Kier alpha value is -0.0800. The molecular weight excluding hydrogens is 440 g/mol. The SMILES string of the molecule is CCCCCCCCCCCCCCCCCCCCCCCCCC[C@H](O)C[C@H](O)CCCCC. The van der Waals surface area contributed by atoms with Crippen molar-refractivity contribution in [2.24, 2.45) is 0 Å². The van der Waals surface area contributed by atoms with Gasteiger partial charge in [-0.1, -0.05) is 187 Å². The summed E-state index contributed by atoms with van der Waals surface area (Å²) in [7, 11) is 0. The second-order valence-electron chi connectivity index (χ2n) is 12.0. The predicted molar refractivity (Wildman–Crippen MR) is 162 cm³/mol. The van der Waals surface area contributed by atoms with Gasteiger partial charge in [-0.05, 0) is 19.3 Å². The van der Waals surface area contributed by atoms with E-state index in [0.29, 0.717) is 6.42 Å². The molecule has 2 heteroatoms. The number of hydrogen-bond donors (Lipinski definition) is 2. The first-order chi connectivity index (χ1) is 17.7. The summed E-state index contributed by atoms with van der Waals surface area (Å²) in [5, 5.41) is 20.1. The van der Waals surface area contributed by atoms with Crippen LogP contribution in [0, 0.1) is 0 Å². The third-order valence-electron chi connectivity index (χ3n) is 8.08. The van der Waals surface area contributed by atoms with E-state index >= 15 is 0 Å². The summed E-state index contributed by atoms with van der Waals surface area (Å²) in [4.78, 5) is 0. The lowest BCUT2D eigenvalue weighted by Crippen LogP contribution is -2.17. The summed E-state index contributed by atoms with van der Waals surface area (Å²) in [6, 6.07) is 0. The standard InChI is InChI=1S/C34H70O2/c1-3-5-7-8-9-10-11-12-13-14-15-16-17-18-19-20-21-22-23-24-25-26-27-29-31-34(36)32-33(35)30-28-6-4-2/h33-36H,3-32H2,1-2H3/t33-,34+/m1/s1. The monoisotopic (exact) mass is 511 g/mol. The Morgan fingerprint density at radius 2 is 0.500 bits per heavy atom. The molecule has 0 aromatic heterocycles. The van der Waals surface area contributed by atoms with Gasteiger partial charge in [0.25, 0.3) is 0 Å². The molecule has 0 aliphatic heterocycles. The van der Waals surface area contributed by atoms with Crippen LogP contribution in [0.25, 0.3) is 0 Å². The van der Waals surface area contributed by atoms with Crippen molar-refractivity contribution in [3.63, 3.8) is 0 Å². The summed E-state index contributed by atoms with van der Waals surface area (Å²) < 4.78 is 0. The molecule has 0 fully saturated rings. The first kappa shape index (κ1) is 35.9. The quantitative estimate of drug-likeness (QED) is 0.0910. The van der Waals surface area contributed by atoms with E-state index in [1.807, 2.05) is 0 Å². The van der Waals surface area contributed by atoms with E-state index in [1.54, 1.807) is 0 Å². The van der Waals surface area contributed by atoms with Crippen molar-refractivity contribution >= 4 is 0 Å². The van der Waals surface area contributed by atoms with Gasteiger partial charge in [0.2, 0.25) is 0 Å². The molecule has 0 radical (unpaired) electrons. The number of aliphatic hydroxyl groups is 2. The highest BCUT2D eigenvalue weighted by Gasteiger charge is 2.11. The summed E-state index contributed by atoms with van der Waals surface area (Å²) >= 11 is 0. The van der Waals surface area contributed by atoms with Crippen LogP contribution in [0.5, 0.6) is 0 Å². The van der Waals surface area contributed by atoms with E-state index in [0.717, 1.165) is 25.7 Å². The fourth-order valence-electron chi connectivity index (χ4n) is 5.52. The Morgan fingerprint density at radius 3 is 0.778 bits per heavy atom. The van der Waals surface area contributed by atoms with E-state index in [-0.39, 0.29) is 12.2 Å². The Morgan fingerprint density at radius 1 is 0.306 bits per heavy atom. The zero-order chi connectivity index (χ0) is 26.4. The van der Waals surface area contributed by atoms with Gasteiger partial charge >= 0.3 is 0 Å². The minimum Gasteiger partial charge on any atom is -0.393 e. The molecule has 0 saturated heterocycles. The highest BCUT2D eigenvalue weighted by atomic mass is 16.3. The molecule has 218 valence electrons. The normalized spacial score (nSPS) is 13.3. The van der Waals surface area contributed by atoms with Crippen molar-refractivity contribution in [1.82, 2.24) is 0 Å². The lowest BCUT2D eigenvalue weighted by atomic mass is 10.00. The number of hydrogen-bond acceptors (Lipinski definition) is 2. The first-order valence-corrected chi connectivity index (χ1v) is 17.1. The van der Waals surface area contributed by atoms with Crippen LogP contribution in [0.1, 0.15) is 206 Å². The smallest absolute Gasteiger partial charge is 0.0564 e. The zero-order valence-corrected chi connectivity index (χ0v) is 25.3. The Labute approximate surface area is 228 Å². The molecule has 2 nitrogen and oxygen atoms in total. The molecule has 0 amide bonds. The number of unbranched alkanes of at least 4 members (excludes halogenated alkanes) is 25. The Bertz CT molecular complexity index is 383. The van der Waals surface area contributed by atoms with Gasteiger partial charge in [-0.2, -0.15) is 0 Å². The highest BCUT2D eigenvalue weighted by molar-refractivity contribution is 4.64. The van der Waals surface area contributed by atoms with Crippen LogP contribution in [0.3, 0.4) is 0 Å². The molecule has 2 atom stereocenters. The minimum atomic E-state index is -0.305. The van der Waals surface area contributed by atoms with Gasteiger partial charge < -0.3 is 10.2 Å². The maximum atomic E-state index is 10.1. The molecule has 0 unspecified atom stereocenters. The highest BCUT2D eigenvalue weighted by Crippen LogP contribution is 2.17. The molecule has 0 spiro atoms. The van der Waals surface area contributed by atoms with Crippen LogP contribution in [0.2, 0.25) is 0 Å². The molecule has 0 saturated carbocycles. The van der Waals surface area contributed by atoms with Gasteiger partial charge in [0.1, 0.15) is 0 Å². The molecule has 0 aliphatic carbocycles. The van der Waals surface area contributed by atoms with Crippen molar-refractivity contribution in [3.8, 4) is 0 Å². The van der Waals surface area contributed by atoms with Crippen molar-refractivity contribution in [2.45, 2.75) is 219 Å². The third kappa shape index (κ3) is 30.1. The van der Waals surface area contributed by atoms with E-state index in [1.165, 1.54) is 161 Å². The van der Waals surface area contributed by atoms with Crippen LogP contribution >= 0.6 is 0 Å². The first-order valence-electron chi connectivity index (χ1n) is 17.1. The number of aliphatic hydroxyl groups excluding tert-OH is 2. The summed E-state index contributed by atoms with van der Waals surface area (Å²) in [5.41, 5.74) is 0. The molecule has 0 rings (SSSR count). The second kappa shape index (κ2) is 31.1. The lowest BCUT2D eigenvalue weighted by molar-refractivity contribution is 0.0681. The lowest BCUT2D eigenvalue weighted by Gasteiger charge is -2.15. The van der Waals surface area contributed by atoms with Gasteiger partial charge in [-0.15, -0.1) is 0 Å². The average Bonchev–Trinajstić information content (AvgIpc) is 2.86. The molecule has 0 aromatic rings. The number of rotatable bonds is 31. The summed E-state index contributed by atoms with van der Waals surface area (Å²) in [5.74, 6) is 0. The third-order valence-corrected chi connectivity index (χ3v) is 8.08. The molecule has 36 heavy (non-hydrogen) atoms. The van der Waals surface area contributed by atoms with E-state index in [2.05, 4.69) is 13.8 Å². The molecule has 2 N–H and O–H groups in total. The topological polar surface area (TPSA) is 40.5 Å². The molecule has 0 heterocycles. The van der Waals surface area contributed by atoms with E-state index in [9.17, 15) is 10.2 Å². The van der Waals surface area contributed by atoms with Gasteiger partial charge in [0.05, 0.1) is 12.2 Å². The summed E-state index contributed by atoms with van der Waals surface area (Å²) in [6.07, 6.45) is 39.1. The van der Waals surface area contributed by atoms with Crippen LogP contribution in [-0.2, 0) is 0 Å². The van der Waals surface area contributed by atoms with Crippen LogP contribution in [0.15, 0.2) is 0 Å². The van der Waals surface area contributed by atoms with Crippen molar-refractivity contribution in [1.29, 1.82) is 0 Å². The molecule has 0 aliphatic rings. The second-order valence-corrected chi connectivity index (χ2v) is 12.0. The van der Waals surface area contributed by atoms with Crippen LogP contribution < -0.4 is 0 Å². The van der Waals surface area contributed by atoms with Crippen molar-refractivity contribution in [2.75, 3.05) is 0 Å². The Kier molecular flexibility index (Phi) is 31.1. The average molecular weight is 511 g/mol. The molecule has 0 aromatic carbocycles. The maximum Gasteiger partial charge on any atom is 0.0564 e. The van der Waals surface area contributed by atoms with E-state index < -0.39 is 0 Å². The summed E-state index contributed by atoms with van der Waals surface area (Å²) in [6.45, 7) is 4.48. The Balaban J connectivity index is 3.14. The van der Waals surface area contributed by atoms with Crippen LogP contribution in [0.4, 0.5) is 0 Å². The van der Waals surface area contributed by atoms with Gasteiger partial charge in [0.15, 0.2) is 0 Å².